The van der Waals surface area contributed by atoms with Crippen LogP contribution in [0.3, 0.4) is 0 Å². The van der Waals surface area contributed by atoms with Crippen LogP contribution in [0.5, 0.6) is 0 Å². The average Bonchev–Trinajstić information content (AvgIpc) is 2.77. The summed E-state index contributed by atoms with van der Waals surface area (Å²) < 4.78 is 0. The number of hydrogen-bond donors (Lipinski definition) is 2. The molecule has 3 nitrogen and oxygen atoms in total. The molecule has 1 aromatic heterocycles. The SMILES string of the molecule is CN.CN1CCC(Cc2ccc[nH]2)CC1. The number of rotatable bonds is 2. The largest absolute Gasteiger partial charge is 0.365 e. The Kier molecular flexibility index (Phi) is 5.43. The first kappa shape index (κ1) is 12.3. The van der Waals surface area contributed by atoms with Crippen LogP contribution in [0.1, 0.15) is 18.5 Å². The molecule has 1 aliphatic rings. The lowest BCUT2D eigenvalue weighted by molar-refractivity contribution is 0.218. The van der Waals surface area contributed by atoms with Crippen molar-refractivity contribution in [3.63, 3.8) is 0 Å². The zero-order chi connectivity index (χ0) is 11.1. The summed E-state index contributed by atoms with van der Waals surface area (Å²) >= 11 is 0. The van der Waals surface area contributed by atoms with Crippen molar-refractivity contribution in [2.75, 3.05) is 27.2 Å². The standard InChI is InChI=1S/C11H18N2.CH5N/c1-13-7-4-10(5-8-13)9-11-3-2-6-12-11;1-2/h2-3,6,10,12H,4-5,7-9H2,1H3;2H2,1H3. The van der Waals surface area contributed by atoms with Gasteiger partial charge in [-0.15, -0.1) is 0 Å². The average molecular weight is 209 g/mol. The van der Waals surface area contributed by atoms with Crippen molar-refractivity contribution < 1.29 is 0 Å². The highest BCUT2D eigenvalue weighted by molar-refractivity contribution is 5.04. The van der Waals surface area contributed by atoms with Gasteiger partial charge in [-0.25, -0.2) is 0 Å². The maximum Gasteiger partial charge on any atom is 0.0149 e. The zero-order valence-corrected chi connectivity index (χ0v) is 9.87. The molecule has 1 saturated heterocycles. The monoisotopic (exact) mass is 209 g/mol. The maximum absolute atomic E-state index is 4.50. The van der Waals surface area contributed by atoms with Crippen LogP contribution in [0, 0.1) is 5.92 Å². The van der Waals surface area contributed by atoms with Crippen molar-refractivity contribution in [2.24, 2.45) is 11.7 Å². The van der Waals surface area contributed by atoms with Gasteiger partial charge in [0, 0.05) is 11.9 Å². The van der Waals surface area contributed by atoms with Gasteiger partial charge in [-0.1, -0.05) is 0 Å². The summed E-state index contributed by atoms with van der Waals surface area (Å²) in [4.78, 5) is 5.70. The van der Waals surface area contributed by atoms with Gasteiger partial charge < -0.3 is 15.6 Å². The van der Waals surface area contributed by atoms with Gasteiger partial charge >= 0.3 is 0 Å². The molecule has 3 heteroatoms. The molecule has 1 aliphatic heterocycles. The fourth-order valence-electron chi connectivity index (χ4n) is 2.07. The van der Waals surface area contributed by atoms with Crippen molar-refractivity contribution in [3.8, 4) is 0 Å². The van der Waals surface area contributed by atoms with E-state index in [1.165, 1.54) is 45.1 Å². The molecule has 0 spiro atoms. The minimum absolute atomic E-state index is 0.898. The molecule has 15 heavy (non-hydrogen) atoms. The first-order chi connectivity index (χ1) is 7.34. The fourth-order valence-corrected chi connectivity index (χ4v) is 2.07. The molecule has 86 valence electrons. The fraction of sp³-hybridized carbons (Fsp3) is 0.667. The molecule has 0 unspecified atom stereocenters. The Morgan fingerprint density at radius 3 is 2.60 bits per heavy atom. The van der Waals surface area contributed by atoms with E-state index in [9.17, 15) is 0 Å². The Morgan fingerprint density at radius 1 is 1.40 bits per heavy atom. The second-order valence-electron chi connectivity index (χ2n) is 4.15. The van der Waals surface area contributed by atoms with E-state index in [2.05, 4.69) is 34.8 Å². The smallest absolute Gasteiger partial charge is 0.0149 e. The van der Waals surface area contributed by atoms with Crippen LogP contribution in [0.2, 0.25) is 0 Å². The number of H-pyrrole nitrogens is 1. The first-order valence-electron chi connectivity index (χ1n) is 5.73. The van der Waals surface area contributed by atoms with Crippen LogP contribution in [-0.4, -0.2) is 37.1 Å². The minimum Gasteiger partial charge on any atom is -0.365 e. The summed E-state index contributed by atoms with van der Waals surface area (Å²) in [5.74, 6) is 0.898. The third kappa shape index (κ3) is 4.06. The molecule has 0 saturated carbocycles. The Hall–Kier alpha value is -0.800. The topological polar surface area (TPSA) is 45.0 Å². The maximum atomic E-state index is 4.50. The Labute approximate surface area is 92.7 Å². The highest BCUT2D eigenvalue weighted by Gasteiger charge is 2.16. The van der Waals surface area contributed by atoms with E-state index in [4.69, 9.17) is 0 Å². The minimum atomic E-state index is 0.898. The lowest BCUT2D eigenvalue weighted by Gasteiger charge is -2.28. The number of piperidine rings is 1. The molecule has 1 aromatic rings. The predicted molar refractivity (Wildman–Crippen MR) is 64.8 cm³/mol. The molecule has 0 amide bonds. The second kappa shape index (κ2) is 6.64. The normalized spacial score (nSPS) is 18.3. The van der Waals surface area contributed by atoms with Gasteiger partial charge in [-0.05, 0) is 64.5 Å². The van der Waals surface area contributed by atoms with Crippen molar-refractivity contribution in [1.82, 2.24) is 9.88 Å². The van der Waals surface area contributed by atoms with Crippen molar-refractivity contribution in [2.45, 2.75) is 19.3 Å². The van der Waals surface area contributed by atoms with Crippen LogP contribution < -0.4 is 5.73 Å². The third-order valence-electron chi connectivity index (χ3n) is 3.01. The molecule has 0 atom stereocenters. The number of likely N-dealkylation sites (tertiary alicyclic amines) is 1. The quantitative estimate of drug-likeness (QED) is 0.775. The number of nitrogens with two attached hydrogens (primary N) is 1. The molecular formula is C12H23N3. The summed E-state index contributed by atoms with van der Waals surface area (Å²) in [7, 11) is 3.71. The highest BCUT2D eigenvalue weighted by Crippen LogP contribution is 2.19. The molecule has 0 aromatic carbocycles. The summed E-state index contributed by atoms with van der Waals surface area (Å²) in [5, 5.41) is 0. The van der Waals surface area contributed by atoms with E-state index < -0.39 is 0 Å². The number of hydrogen-bond acceptors (Lipinski definition) is 2. The van der Waals surface area contributed by atoms with Gasteiger partial charge in [0.15, 0.2) is 0 Å². The van der Waals surface area contributed by atoms with E-state index in [0.29, 0.717) is 0 Å². The van der Waals surface area contributed by atoms with Crippen molar-refractivity contribution in [3.05, 3.63) is 24.0 Å². The van der Waals surface area contributed by atoms with Gasteiger partial charge in [0.2, 0.25) is 0 Å². The molecule has 0 bridgehead atoms. The van der Waals surface area contributed by atoms with Gasteiger partial charge in [-0.3, -0.25) is 0 Å². The van der Waals surface area contributed by atoms with Crippen LogP contribution in [0.25, 0.3) is 0 Å². The highest BCUT2D eigenvalue weighted by atomic mass is 15.1. The molecule has 1 fully saturated rings. The number of aromatic nitrogens is 1. The Balaban J connectivity index is 0.000000531. The zero-order valence-electron chi connectivity index (χ0n) is 9.87. The Bertz CT molecular complexity index is 235. The van der Waals surface area contributed by atoms with E-state index in [1.54, 1.807) is 0 Å². The van der Waals surface area contributed by atoms with E-state index >= 15 is 0 Å². The summed E-state index contributed by atoms with van der Waals surface area (Å²) in [6, 6.07) is 4.28. The van der Waals surface area contributed by atoms with Gasteiger partial charge in [0.05, 0.1) is 0 Å². The van der Waals surface area contributed by atoms with Crippen LogP contribution in [0.4, 0.5) is 0 Å². The van der Waals surface area contributed by atoms with Gasteiger partial charge in [0.1, 0.15) is 0 Å². The molecular weight excluding hydrogens is 186 g/mol. The summed E-state index contributed by atoms with van der Waals surface area (Å²) in [5.41, 5.74) is 5.90. The first-order valence-corrected chi connectivity index (χ1v) is 5.73. The van der Waals surface area contributed by atoms with Crippen LogP contribution in [-0.2, 0) is 6.42 Å². The van der Waals surface area contributed by atoms with E-state index in [0.717, 1.165) is 5.92 Å². The van der Waals surface area contributed by atoms with Crippen LogP contribution in [0.15, 0.2) is 18.3 Å². The predicted octanol–water partition coefficient (Wildman–Crippen LogP) is 1.47. The number of aromatic amines is 1. The van der Waals surface area contributed by atoms with Crippen molar-refractivity contribution in [1.29, 1.82) is 0 Å². The number of nitrogens with zero attached hydrogens (tertiary/aromatic N) is 1. The Morgan fingerprint density at radius 2 is 2.07 bits per heavy atom. The third-order valence-corrected chi connectivity index (χ3v) is 3.01. The van der Waals surface area contributed by atoms with Gasteiger partial charge in [0.25, 0.3) is 0 Å². The van der Waals surface area contributed by atoms with E-state index in [-0.39, 0.29) is 0 Å². The van der Waals surface area contributed by atoms with E-state index in [1.807, 2.05) is 6.20 Å². The van der Waals surface area contributed by atoms with Gasteiger partial charge in [-0.2, -0.15) is 0 Å². The lowest BCUT2D eigenvalue weighted by Crippen LogP contribution is -2.30. The summed E-state index contributed by atoms with van der Waals surface area (Å²) in [6.07, 6.45) is 5.97. The molecule has 0 aliphatic carbocycles. The molecule has 2 heterocycles. The van der Waals surface area contributed by atoms with Crippen LogP contribution >= 0.6 is 0 Å². The molecule has 2 rings (SSSR count). The number of nitrogens with one attached hydrogen (secondary N) is 1. The molecule has 0 radical (unpaired) electrons. The van der Waals surface area contributed by atoms with Crippen molar-refractivity contribution >= 4 is 0 Å². The molecule has 3 N–H and O–H groups in total. The lowest BCUT2D eigenvalue weighted by atomic mass is 9.92. The summed E-state index contributed by atoms with van der Waals surface area (Å²) in [6.45, 7) is 2.54. The second-order valence-corrected chi connectivity index (χ2v) is 4.15.